The van der Waals surface area contributed by atoms with Crippen molar-refractivity contribution >= 4 is 27.5 Å². The van der Waals surface area contributed by atoms with E-state index in [0.717, 1.165) is 41.9 Å². The quantitative estimate of drug-likeness (QED) is 0.794. The van der Waals surface area contributed by atoms with Crippen molar-refractivity contribution in [3.05, 3.63) is 28.2 Å². The second kappa shape index (κ2) is 6.23. The summed E-state index contributed by atoms with van der Waals surface area (Å²) in [5, 5.41) is 0. The largest absolute Gasteiger partial charge is 0.371 e. The molecule has 3 nitrogen and oxygen atoms in total. The molecular weight excluding hydrogens is 340 g/mol. The molecule has 1 amide bonds. The van der Waals surface area contributed by atoms with Crippen molar-refractivity contribution in [3.63, 3.8) is 0 Å². The van der Waals surface area contributed by atoms with Crippen LogP contribution in [0.25, 0.3) is 0 Å². The number of hydrogen-bond donors (Lipinski definition) is 0. The maximum atomic E-state index is 12.8. The lowest BCUT2D eigenvalue weighted by molar-refractivity contribution is 0.0773. The third-order valence-electron chi connectivity index (χ3n) is 5.36. The summed E-state index contributed by atoms with van der Waals surface area (Å²) in [6.07, 6.45) is 5.37. The Labute approximate surface area is 141 Å². The fourth-order valence-electron chi connectivity index (χ4n) is 3.53. The Morgan fingerprint density at radius 1 is 1.18 bits per heavy atom. The Kier molecular flexibility index (Phi) is 4.49. The Bertz CT molecular complexity index is 554. The zero-order chi connectivity index (χ0) is 15.7. The van der Waals surface area contributed by atoms with Gasteiger partial charge in [-0.1, -0.05) is 15.9 Å². The van der Waals surface area contributed by atoms with Gasteiger partial charge in [0.25, 0.3) is 5.91 Å². The first-order valence-corrected chi connectivity index (χ1v) is 9.21. The number of nitrogens with zero attached hydrogens (tertiary/aromatic N) is 2. The minimum absolute atomic E-state index is 0.152. The summed E-state index contributed by atoms with van der Waals surface area (Å²) in [5.41, 5.74) is 2.60. The van der Waals surface area contributed by atoms with Gasteiger partial charge in [0.05, 0.1) is 11.3 Å². The summed E-state index contributed by atoms with van der Waals surface area (Å²) in [5.74, 6) is 0.152. The maximum absolute atomic E-state index is 12.8. The molecule has 0 N–H and O–H groups in total. The summed E-state index contributed by atoms with van der Waals surface area (Å²) in [6.45, 7) is 7.75. The van der Waals surface area contributed by atoms with Crippen LogP contribution in [0.1, 0.15) is 49.9 Å². The molecule has 0 bridgehead atoms. The lowest BCUT2D eigenvalue weighted by atomic mass is 9.93. The van der Waals surface area contributed by atoms with Crippen molar-refractivity contribution < 1.29 is 4.79 Å². The average molecular weight is 365 g/mol. The summed E-state index contributed by atoms with van der Waals surface area (Å²) in [6, 6.07) is 6.07. The van der Waals surface area contributed by atoms with Crippen molar-refractivity contribution in [1.29, 1.82) is 0 Å². The van der Waals surface area contributed by atoms with E-state index < -0.39 is 0 Å². The van der Waals surface area contributed by atoms with Gasteiger partial charge in [-0.2, -0.15) is 0 Å². The average Bonchev–Trinajstić information content (AvgIpc) is 3.28. The molecule has 0 atom stereocenters. The van der Waals surface area contributed by atoms with Crippen molar-refractivity contribution in [3.8, 4) is 0 Å². The van der Waals surface area contributed by atoms with E-state index in [4.69, 9.17) is 0 Å². The molecular formula is C18H25BrN2O. The van der Waals surface area contributed by atoms with Gasteiger partial charge in [-0.25, -0.2) is 0 Å². The molecule has 0 radical (unpaired) electrons. The fourth-order valence-corrected chi connectivity index (χ4v) is 3.88. The molecule has 0 unspecified atom stereocenters. The summed E-state index contributed by atoms with van der Waals surface area (Å²) < 4.78 is 1.05. The lowest BCUT2D eigenvalue weighted by Gasteiger charge is -2.35. The fraction of sp³-hybridized carbons (Fsp3) is 0.611. The van der Waals surface area contributed by atoms with Gasteiger partial charge in [0.2, 0.25) is 0 Å². The van der Waals surface area contributed by atoms with Gasteiger partial charge in [0.15, 0.2) is 0 Å². The van der Waals surface area contributed by atoms with Crippen LogP contribution < -0.4 is 4.90 Å². The molecule has 4 heteroatoms. The lowest BCUT2D eigenvalue weighted by Crippen LogP contribution is -2.37. The number of carbonyl (C=O) groups excluding carboxylic acids is 1. The highest BCUT2D eigenvalue weighted by atomic mass is 79.9. The SMILES string of the molecule is CCN(CC)C(=O)c1ccc(Br)cc1N1CCC2(CC1)CC2. The second-order valence-corrected chi connectivity index (χ2v) is 7.54. The van der Waals surface area contributed by atoms with E-state index >= 15 is 0 Å². The van der Waals surface area contributed by atoms with E-state index in [1.165, 1.54) is 25.7 Å². The van der Waals surface area contributed by atoms with Crippen LogP contribution in [0.5, 0.6) is 0 Å². The number of halogens is 1. The standard InChI is InChI=1S/C18H25BrN2O/c1-3-20(4-2)17(22)15-6-5-14(19)13-16(15)21-11-9-18(7-8-18)10-12-21/h5-6,13H,3-4,7-12H2,1-2H3. The summed E-state index contributed by atoms with van der Waals surface area (Å²) >= 11 is 3.57. The van der Waals surface area contributed by atoms with Crippen LogP contribution in [0.4, 0.5) is 5.69 Å². The van der Waals surface area contributed by atoms with Gasteiger partial charge in [0, 0.05) is 30.7 Å². The topological polar surface area (TPSA) is 23.6 Å². The molecule has 0 aromatic heterocycles. The van der Waals surface area contributed by atoms with E-state index in [-0.39, 0.29) is 5.91 Å². The number of anilines is 1. The van der Waals surface area contributed by atoms with Crippen molar-refractivity contribution in [2.45, 2.75) is 39.5 Å². The highest BCUT2D eigenvalue weighted by Crippen LogP contribution is 2.54. The number of carbonyl (C=O) groups is 1. The minimum Gasteiger partial charge on any atom is -0.371 e. The zero-order valence-electron chi connectivity index (χ0n) is 13.6. The molecule has 22 heavy (non-hydrogen) atoms. The first-order chi connectivity index (χ1) is 10.6. The normalized spacial score (nSPS) is 19.3. The molecule has 1 aromatic carbocycles. The highest BCUT2D eigenvalue weighted by Gasteiger charge is 2.44. The first-order valence-electron chi connectivity index (χ1n) is 8.42. The van der Waals surface area contributed by atoms with E-state index in [0.29, 0.717) is 5.41 Å². The van der Waals surface area contributed by atoms with Crippen LogP contribution in [0.15, 0.2) is 22.7 Å². The van der Waals surface area contributed by atoms with Crippen LogP contribution >= 0.6 is 15.9 Å². The maximum Gasteiger partial charge on any atom is 0.255 e. The molecule has 1 spiro atoms. The number of piperidine rings is 1. The van der Waals surface area contributed by atoms with E-state index in [1.54, 1.807) is 0 Å². The Morgan fingerprint density at radius 2 is 1.82 bits per heavy atom. The highest BCUT2D eigenvalue weighted by molar-refractivity contribution is 9.10. The van der Waals surface area contributed by atoms with Crippen LogP contribution in [0.2, 0.25) is 0 Å². The molecule has 1 heterocycles. The van der Waals surface area contributed by atoms with Gasteiger partial charge in [0.1, 0.15) is 0 Å². The molecule has 1 saturated carbocycles. The van der Waals surface area contributed by atoms with Crippen LogP contribution in [-0.4, -0.2) is 37.0 Å². The zero-order valence-corrected chi connectivity index (χ0v) is 15.2. The van der Waals surface area contributed by atoms with Crippen LogP contribution in [0.3, 0.4) is 0 Å². The number of hydrogen-bond acceptors (Lipinski definition) is 2. The van der Waals surface area contributed by atoms with E-state index in [9.17, 15) is 4.79 Å². The predicted molar refractivity (Wildman–Crippen MR) is 94.5 cm³/mol. The van der Waals surface area contributed by atoms with Gasteiger partial charge < -0.3 is 9.80 Å². The van der Waals surface area contributed by atoms with Crippen molar-refractivity contribution in [2.24, 2.45) is 5.41 Å². The van der Waals surface area contributed by atoms with Gasteiger partial charge in [-0.05, 0) is 63.1 Å². The van der Waals surface area contributed by atoms with Gasteiger partial charge >= 0.3 is 0 Å². The van der Waals surface area contributed by atoms with Gasteiger partial charge in [-0.15, -0.1) is 0 Å². The second-order valence-electron chi connectivity index (χ2n) is 6.63. The monoisotopic (exact) mass is 364 g/mol. The molecule has 1 saturated heterocycles. The molecule has 2 fully saturated rings. The number of benzene rings is 1. The van der Waals surface area contributed by atoms with Crippen LogP contribution in [-0.2, 0) is 0 Å². The summed E-state index contributed by atoms with van der Waals surface area (Å²) in [7, 11) is 0. The van der Waals surface area contributed by atoms with E-state index in [1.807, 2.05) is 30.9 Å². The molecule has 3 rings (SSSR count). The third kappa shape index (κ3) is 3.03. The Balaban J connectivity index is 1.86. The number of amides is 1. The minimum atomic E-state index is 0.152. The molecule has 2 aliphatic rings. The Morgan fingerprint density at radius 3 is 2.36 bits per heavy atom. The van der Waals surface area contributed by atoms with E-state index in [2.05, 4.69) is 26.9 Å². The Hall–Kier alpha value is -1.03. The third-order valence-corrected chi connectivity index (χ3v) is 5.86. The predicted octanol–water partition coefficient (Wildman–Crippen LogP) is 4.31. The number of rotatable bonds is 4. The molecule has 1 aromatic rings. The van der Waals surface area contributed by atoms with Gasteiger partial charge in [-0.3, -0.25) is 4.79 Å². The van der Waals surface area contributed by atoms with Crippen LogP contribution in [0, 0.1) is 5.41 Å². The van der Waals surface area contributed by atoms with Crippen molar-refractivity contribution in [2.75, 3.05) is 31.1 Å². The molecule has 1 aliphatic heterocycles. The smallest absolute Gasteiger partial charge is 0.255 e. The summed E-state index contributed by atoms with van der Waals surface area (Å²) in [4.78, 5) is 17.1. The first kappa shape index (κ1) is 15.9. The van der Waals surface area contributed by atoms with Crippen molar-refractivity contribution in [1.82, 2.24) is 4.90 Å². The molecule has 1 aliphatic carbocycles. The molecule has 120 valence electrons.